The van der Waals surface area contributed by atoms with E-state index in [-0.39, 0.29) is 5.57 Å². The molecule has 0 saturated heterocycles. The number of nitrogens with one attached hydrogen (secondary N) is 1. The number of esters is 1. The minimum absolute atomic E-state index is 0.0881. The number of aryl methyl sites for hydroxylation is 1. The summed E-state index contributed by atoms with van der Waals surface area (Å²) in [6, 6.07) is 7.09. The number of methoxy groups -OCH3 is 2. The van der Waals surface area contributed by atoms with Crippen LogP contribution in [0.1, 0.15) is 46.1 Å². The highest BCUT2D eigenvalue weighted by Gasteiger charge is 2.27. The first kappa shape index (κ1) is 22.4. The Labute approximate surface area is 185 Å². The van der Waals surface area contributed by atoms with Crippen LogP contribution in [0.15, 0.2) is 23.8 Å². The number of amides is 1. The number of thiophene rings is 1. The lowest BCUT2D eigenvalue weighted by Crippen LogP contribution is -2.16. The Balaban J connectivity index is 1.90. The smallest absolute Gasteiger partial charge is 0.341 e. The Bertz CT molecular complexity index is 1060. The Hall–Kier alpha value is -3.31. The van der Waals surface area contributed by atoms with Crippen LogP contribution in [0, 0.1) is 11.3 Å². The maximum Gasteiger partial charge on any atom is 0.341 e. The van der Waals surface area contributed by atoms with Crippen LogP contribution in [0.4, 0.5) is 5.00 Å². The first-order chi connectivity index (χ1) is 15.0. The second-order valence-electron chi connectivity index (χ2n) is 6.87. The summed E-state index contributed by atoms with van der Waals surface area (Å²) in [4.78, 5) is 26.3. The zero-order chi connectivity index (χ0) is 22.4. The topological polar surface area (TPSA) is 97.7 Å². The number of hydrogen-bond donors (Lipinski definition) is 1. The number of carbonyl (C=O) groups excluding carboxylic acids is 2. The Morgan fingerprint density at radius 1 is 1.23 bits per heavy atom. The first-order valence-corrected chi connectivity index (χ1v) is 10.8. The Morgan fingerprint density at radius 3 is 2.68 bits per heavy atom. The fourth-order valence-electron chi connectivity index (χ4n) is 3.51. The SMILES string of the molecule is CCOc1cc(/C=C(\C#N)C(=O)Nc2sc3c(c2C(=O)OC)CCCC3)ccc1OC. The van der Waals surface area contributed by atoms with Crippen LogP contribution in [-0.4, -0.2) is 32.7 Å². The van der Waals surface area contributed by atoms with Crippen LogP contribution >= 0.6 is 11.3 Å². The maximum absolute atomic E-state index is 12.9. The van der Waals surface area contributed by atoms with E-state index in [0.717, 1.165) is 36.1 Å². The number of anilines is 1. The summed E-state index contributed by atoms with van der Waals surface area (Å²) >= 11 is 1.38. The maximum atomic E-state index is 12.9. The van der Waals surface area contributed by atoms with Gasteiger partial charge in [0.05, 0.1) is 26.4 Å². The molecule has 2 aromatic rings. The molecule has 0 saturated carbocycles. The fourth-order valence-corrected chi connectivity index (χ4v) is 4.78. The van der Waals surface area contributed by atoms with Crippen molar-refractivity contribution < 1.29 is 23.8 Å². The van der Waals surface area contributed by atoms with Crippen molar-refractivity contribution in [2.24, 2.45) is 0 Å². The average Bonchev–Trinajstić information content (AvgIpc) is 3.15. The van der Waals surface area contributed by atoms with Gasteiger partial charge in [-0.3, -0.25) is 4.79 Å². The molecule has 0 aliphatic heterocycles. The van der Waals surface area contributed by atoms with E-state index in [2.05, 4.69) is 5.32 Å². The van der Waals surface area contributed by atoms with Crippen LogP contribution in [0.3, 0.4) is 0 Å². The zero-order valence-corrected chi connectivity index (χ0v) is 18.6. The molecule has 0 unspecified atom stereocenters. The molecular formula is C23H24N2O5S. The number of nitriles is 1. The standard InChI is InChI=1S/C23H24N2O5S/c1-4-30-18-12-14(9-10-17(18)28-2)11-15(13-24)21(26)25-22-20(23(27)29-3)16-7-5-6-8-19(16)31-22/h9-12H,4-8H2,1-3H3,(H,25,26)/b15-11+. The molecule has 0 atom stereocenters. The first-order valence-electron chi connectivity index (χ1n) is 9.99. The summed E-state index contributed by atoms with van der Waals surface area (Å²) in [6.07, 6.45) is 5.16. The third kappa shape index (κ3) is 4.89. The molecule has 0 bridgehead atoms. The van der Waals surface area contributed by atoms with E-state index in [4.69, 9.17) is 14.2 Å². The highest BCUT2D eigenvalue weighted by molar-refractivity contribution is 7.17. The second kappa shape index (κ2) is 10.1. The third-order valence-corrected chi connectivity index (χ3v) is 6.16. The lowest BCUT2D eigenvalue weighted by atomic mass is 9.95. The van der Waals surface area contributed by atoms with Crippen LogP contribution in [0.2, 0.25) is 0 Å². The molecule has 7 nitrogen and oxygen atoms in total. The number of benzene rings is 1. The second-order valence-corrected chi connectivity index (χ2v) is 7.98. The molecule has 3 rings (SSSR count). The van der Waals surface area contributed by atoms with E-state index in [0.29, 0.717) is 34.2 Å². The van der Waals surface area contributed by atoms with Crippen LogP contribution in [-0.2, 0) is 22.4 Å². The summed E-state index contributed by atoms with van der Waals surface area (Å²) in [6.45, 7) is 2.31. The lowest BCUT2D eigenvalue weighted by molar-refractivity contribution is -0.112. The molecule has 162 valence electrons. The highest BCUT2D eigenvalue weighted by atomic mass is 32.1. The van der Waals surface area contributed by atoms with Crippen molar-refractivity contribution in [2.45, 2.75) is 32.6 Å². The van der Waals surface area contributed by atoms with Gasteiger partial charge in [-0.1, -0.05) is 6.07 Å². The fraction of sp³-hybridized carbons (Fsp3) is 0.348. The van der Waals surface area contributed by atoms with E-state index in [1.807, 2.05) is 13.0 Å². The predicted molar refractivity (Wildman–Crippen MR) is 119 cm³/mol. The number of hydrogen-bond acceptors (Lipinski definition) is 7. The highest BCUT2D eigenvalue weighted by Crippen LogP contribution is 2.38. The zero-order valence-electron chi connectivity index (χ0n) is 17.7. The van der Waals surface area contributed by atoms with Gasteiger partial charge in [-0.2, -0.15) is 5.26 Å². The van der Waals surface area contributed by atoms with Crippen molar-refractivity contribution in [3.8, 4) is 17.6 Å². The van der Waals surface area contributed by atoms with Crippen molar-refractivity contribution in [2.75, 3.05) is 26.1 Å². The normalized spacial score (nSPS) is 13.0. The largest absolute Gasteiger partial charge is 0.493 e. The van der Waals surface area contributed by atoms with Crippen molar-refractivity contribution in [3.05, 3.63) is 45.3 Å². The van der Waals surface area contributed by atoms with Gasteiger partial charge >= 0.3 is 5.97 Å². The quantitative estimate of drug-likeness (QED) is 0.390. The summed E-state index contributed by atoms with van der Waals surface area (Å²) in [5.74, 6) is 0.0259. The van der Waals surface area contributed by atoms with Crippen molar-refractivity contribution in [1.29, 1.82) is 5.26 Å². The minimum atomic E-state index is -0.583. The van der Waals surface area contributed by atoms with Crippen LogP contribution in [0.25, 0.3) is 6.08 Å². The molecule has 1 heterocycles. The molecule has 31 heavy (non-hydrogen) atoms. The molecule has 1 aliphatic carbocycles. The monoisotopic (exact) mass is 440 g/mol. The van der Waals surface area contributed by atoms with Gasteiger partial charge in [0, 0.05) is 4.88 Å². The van der Waals surface area contributed by atoms with E-state index >= 15 is 0 Å². The summed E-state index contributed by atoms with van der Waals surface area (Å²) in [7, 11) is 2.86. The van der Waals surface area contributed by atoms with E-state index in [1.165, 1.54) is 24.5 Å². The summed E-state index contributed by atoms with van der Waals surface area (Å²) < 4.78 is 15.8. The average molecular weight is 441 g/mol. The summed E-state index contributed by atoms with van der Waals surface area (Å²) in [5.41, 5.74) is 1.87. The molecule has 1 aromatic heterocycles. The number of fused-ring (bicyclic) bond motifs is 1. The predicted octanol–water partition coefficient (Wildman–Crippen LogP) is 4.37. The molecule has 8 heteroatoms. The van der Waals surface area contributed by atoms with E-state index in [1.54, 1.807) is 25.3 Å². The van der Waals surface area contributed by atoms with Crippen LogP contribution in [0.5, 0.6) is 11.5 Å². The number of rotatable bonds is 7. The Kier molecular flexibility index (Phi) is 7.32. The van der Waals surface area contributed by atoms with E-state index in [9.17, 15) is 14.9 Å². The molecule has 0 spiro atoms. The lowest BCUT2D eigenvalue weighted by Gasteiger charge is -2.11. The summed E-state index contributed by atoms with van der Waals surface area (Å²) in [5, 5.41) is 12.7. The van der Waals surface area contributed by atoms with Gasteiger partial charge in [-0.15, -0.1) is 11.3 Å². The molecule has 1 N–H and O–H groups in total. The van der Waals surface area contributed by atoms with Gasteiger partial charge < -0.3 is 19.5 Å². The van der Waals surface area contributed by atoms with Gasteiger partial charge in [-0.05, 0) is 61.9 Å². The number of carbonyl (C=O) groups is 2. The van der Waals surface area contributed by atoms with Crippen LogP contribution < -0.4 is 14.8 Å². The minimum Gasteiger partial charge on any atom is -0.493 e. The molecular weight excluding hydrogens is 416 g/mol. The van der Waals surface area contributed by atoms with Crippen molar-refractivity contribution in [3.63, 3.8) is 0 Å². The molecule has 1 amide bonds. The van der Waals surface area contributed by atoms with Gasteiger partial charge in [-0.25, -0.2) is 4.79 Å². The van der Waals surface area contributed by atoms with Gasteiger partial charge in [0.15, 0.2) is 11.5 Å². The molecule has 1 aromatic carbocycles. The molecule has 0 radical (unpaired) electrons. The van der Waals surface area contributed by atoms with Crippen molar-refractivity contribution >= 4 is 34.3 Å². The third-order valence-electron chi connectivity index (χ3n) is 4.95. The van der Waals surface area contributed by atoms with Gasteiger partial charge in [0.25, 0.3) is 5.91 Å². The van der Waals surface area contributed by atoms with Gasteiger partial charge in [0.1, 0.15) is 16.6 Å². The van der Waals surface area contributed by atoms with Gasteiger partial charge in [0.2, 0.25) is 0 Å². The number of nitrogens with zero attached hydrogens (tertiary/aromatic N) is 1. The molecule has 0 fully saturated rings. The van der Waals surface area contributed by atoms with E-state index < -0.39 is 11.9 Å². The number of ether oxygens (including phenoxy) is 3. The Morgan fingerprint density at radius 2 is 2.00 bits per heavy atom. The van der Waals surface area contributed by atoms with Crippen molar-refractivity contribution in [1.82, 2.24) is 0 Å². The molecule has 1 aliphatic rings.